The number of ether oxygens (including phenoxy) is 3. The van der Waals surface area contributed by atoms with Crippen LogP contribution in [0.1, 0.15) is 81.3 Å². The van der Waals surface area contributed by atoms with Crippen LogP contribution in [0.15, 0.2) is 72.8 Å². The molecule has 2 aliphatic heterocycles. The van der Waals surface area contributed by atoms with Gasteiger partial charge in [-0.05, 0) is 133 Å². The molecule has 18 heteroatoms. The third kappa shape index (κ3) is 10.8. The van der Waals surface area contributed by atoms with Gasteiger partial charge in [-0.2, -0.15) is 0 Å². The van der Waals surface area contributed by atoms with Crippen LogP contribution in [0.2, 0.25) is 0 Å². The summed E-state index contributed by atoms with van der Waals surface area (Å²) >= 11 is 0. The summed E-state index contributed by atoms with van der Waals surface area (Å²) in [7, 11) is -7.47. The molecule has 0 saturated carbocycles. The summed E-state index contributed by atoms with van der Waals surface area (Å²) in [5, 5.41) is 15.0. The number of primary sulfonamides is 1. The van der Waals surface area contributed by atoms with Gasteiger partial charge in [0.2, 0.25) is 20.0 Å². The van der Waals surface area contributed by atoms with E-state index in [1.54, 1.807) is 0 Å². The van der Waals surface area contributed by atoms with Gasteiger partial charge < -0.3 is 29.3 Å². The summed E-state index contributed by atoms with van der Waals surface area (Å²) in [6.45, 7) is 0.494. The number of benzene rings is 4. The second-order valence-electron chi connectivity index (χ2n) is 17.4. The Labute approximate surface area is 385 Å². The maximum atomic E-state index is 12.7. The number of anilines is 1. The third-order valence-corrected chi connectivity index (χ3v) is 15.9. The molecule has 2 heterocycles. The van der Waals surface area contributed by atoms with E-state index in [-0.39, 0.29) is 39.4 Å². The lowest BCUT2D eigenvalue weighted by molar-refractivity contribution is 0.0760. The Morgan fingerprint density at radius 2 is 1.03 bits per heavy atom. The lowest BCUT2D eigenvalue weighted by Crippen LogP contribution is -2.60. The number of likely N-dealkylation sites (tertiary alicyclic amines) is 2. The Kier molecular flexibility index (Phi) is 14.2. The molecule has 66 heavy (non-hydrogen) atoms. The zero-order valence-corrected chi connectivity index (χ0v) is 38.3. The molecule has 4 aromatic rings. The van der Waals surface area contributed by atoms with Crippen LogP contribution in [-0.4, -0.2) is 81.5 Å². The Morgan fingerprint density at radius 1 is 0.621 bits per heavy atom. The van der Waals surface area contributed by atoms with Crippen LogP contribution in [0, 0.1) is 11.5 Å². The number of nitriles is 1. The van der Waals surface area contributed by atoms with E-state index in [0.29, 0.717) is 0 Å². The Morgan fingerprint density at radius 3 is 1.45 bits per heavy atom. The van der Waals surface area contributed by atoms with Gasteiger partial charge in [-0.15, -0.1) is 5.26 Å². The number of fused-ring (bicyclic) bond motifs is 4. The van der Waals surface area contributed by atoms with E-state index in [4.69, 9.17) is 24.6 Å². The predicted molar refractivity (Wildman–Crippen MR) is 245 cm³/mol. The highest BCUT2D eigenvalue weighted by atomic mass is 32.2. The summed E-state index contributed by atoms with van der Waals surface area (Å²) in [5.74, 6) is 0.903. The van der Waals surface area contributed by atoms with Gasteiger partial charge in [0, 0.05) is 31.9 Å². The highest BCUT2D eigenvalue weighted by molar-refractivity contribution is 7.90. The van der Waals surface area contributed by atoms with Crippen LogP contribution >= 0.6 is 0 Å². The molecule has 6 aliphatic rings. The molecule has 0 bridgehead atoms. The van der Waals surface area contributed by atoms with Gasteiger partial charge in [-0.3, -0.25) is 0 Å². The van der Waals surface area contributed by atoms with Crippen LogP contribution in [0.25, 0.3) is 0 Å². The molecular weight excluding hydrogens is 885 g/mol. The number of hydrogen-bond donors (Lipinski definition) is 3. The lowest BCUT2D eigenvalue weighted by atomic mass is 9.99. The topological polar surface area (TPSA) is 228 Å². The monoisotopic (exact) mass is 938 g/mol. The summed E-state index contributed by atoms with van der Waals surface area (Å²) in [6.07, 6.45) is 13.5. The van der Waals surface area contributed by atoms with E-state index in [1.807, 2.05) is 66.9 Å². The number of urea groups is 1. The minimum atomic E-state index is -3.92. The molecule has 0 spiro atoms. The maximum Gasteiger partial charge on any atom is 0.410 e. The molecule has 4 aromatic carbocycles. The normalized spacial score (nSPS) is 16.8. The highest BCUT2D eigenvalue weighted by Gasteiger charge is 2.42. The summed E-state index contributed by atoms with van der Waals surface area (Å²) in [6, 6.07) is 22.4. The van der Waals surface area contributed by atoms with E-state index in [0.717, 1.165) is 97.9 Å². The average Bonchev–Trinajstić information content (AvgIpc) is 4.10. The smallest absolute Gasteiger partial charge is 0.410 e. The second kappa shape index (κ2) is 20.1. The number of hydrogen-bond acceptors (Lipinski definition) is 11. The molecule has 0 unspecified atom stereocenters. The van der Waals surface area contributed by atoms with Crippen molar-refractivity contribution < 1.29 is 45.4 Å². The number of nitrogens with two attached hydrogens (primary N) is 1. The largest absolute Gasteiger partial charge is 0.445 e. The Balaban J connectivity index is 0.000000150. The molecule has 16 nitrogen and oxygen atoms in total. The van der Waals surface area contributed by atoms with Gasteiger partial charge in [-0.25, -0.2) is 41.1 Å². The first-order valence-electron chi connectivity index (χ1n) is 22.4. The van der Waals surface area contributed by atoms with Crippen molar-refractivity contribution in [2.45, 2.75) is 101 Å². The Bertz CT molecular complexity index is 2670. The van der Waals surface area contributed by atoms with Crippen molar-refractivity contribution >= 4 is 44.0 Å². The zero-order valence-electron chi connectivity index (χ0n) is 36.6. The van der Waals surface area contributed by atoms with Crippen LogP contribution in [0.4, 0.5) is 20.1 Å². The molecule has 4 N–H and O–H groups in total. The first-order valence-corrected chi connectivity index (χ1v) is 25.6. The van der Waals surface area contributed by atoms with Crippen molar-refractivity contribution in [1.29, 1.82) is 5.26 Å². The van der Waals surface area contributed by atoms with E-state index < -0.39 is 48.8 Å². The zero-order chi connectivity index (χ0) is 46.4. The molecule has 2 fully saturated rings. The van der Waals surface area contributed by atoms with Crippen molar-refractivity contribution in [1.82, 2.24) is 14.5 Å². The van der Waals surface area contributed by atoms with Gasteiger partial charge in [0.25, 0.3) is 6.26 Å². The van der Waals surface area contributed by atoms with Crippen molar-refractivity contribution in [3.05, 3.63) is 128 Å². The quantitative estimate of drug-likeness (QED) is 0.166. The average molecular weight is 939 g/mol. The number of sulfonamides is 2. The molecular formula is C48H54N6O10S2. The van der Waals surface area contributed by atoms with Crippen LogP contribution in [-0.2, 0) is 94.1 Å². The van der Waals surface area contributed by atoms with Crippen molar-refractivity contribution in [3.8, 4) is 12.0 Å². The summed E-state index contributed by atoms with van der Waals surface area (Å²) in [4.78, 5) is 39.0. The minimum absolute atomic E-state index is 0.00757. The molecule has 0 aromatic heterocycles. The van der Waals surface area contributed by atoms with E-state index in [9.17, 15) is 31.2 Å². The summed E-state index contributed by atoms with van der Waals surface area (Å²) in [5.41, 5.74) is 12.8. The van der Waals surface area contributed by atoms with Crippen LogP contribution in [0.5, 0.6) is 5.75 Å². The van der Waals surface area contributed by atoms with Gasteiger partial charge in [-0.1, -0.05) is 72.8 Å². The van der Waals surface area contributed by atoms with E-state index in [1.165, 1.54) is 56.0 Å². The number of nitrogens with one attached hydrogen (secondary N) is 2. The lowest BCUT2D eigenvalue weighted by Gasteiger charge is -2.37. The number of aryl methyl sites for hydroxylation is 4. The molecule has 4 aliphatic carbocycles. The molecule has 2 saturated heterocycles. The van der Waals surface area contributed by atoms with Crippen LogP contribution in [0.3, 0.4) is 0 Å². The number of amides is 4. The molecule has 10 rings (SSSR count). The fourth-order valence-corrected chi connectivity index (χ4v) is 11.5. The van der Waals surface area contributed by atoms with Crippen molar-refractivity contribution in [2.24, 2.45) is 5.14 Å². The maximum absolute atomic E-state index is 12.7. The van der Waals surface area contributed by atoms with E-state index in [2.05, 4.69) is 22.2 Å². The van der Waals surface area contributed by atoms with Gasteiger partial charge >= 0.3 is 18.2 Å². The van der Waals surface area contributed by atoms with Crippen molar-refractivity contribution in [3.63, 3.8) is 0 Å². The SMILES string of the molecule is N#COc1c2c(cc3c1CCC3)CCC2.NS(=O)(=O)C1CN(C(=O)OCc2ccccc2)C1.O=C(Nc1c2c(cc3c1CCC3)CCC2)NS(=O)(=O)C1CN(C(=O)OCc2ccccc2)C1. The fraction of sp³-hybridized carbons (Fsp3) is 0.417. The summed E-state index contributed by atoms with van der Waals surface area (Å²) < 4.78 is 64.9. The number of carbonyl (C=O) groups is 3. The highest BCUT2D eigenvalue weighted by Crippen LogP contribution is 2.41. The Hall–Kier alpha value is -6.16. The first-order chi connectivity index (χ1) is 31.8. The van der Waals surface area contributed by atoms with E-state index >= 15 is 0 Å². The number of nitrogens with zero attached hydrogens (tertiary/aromatic N) is 3. The van der Waals surface area contributed by atoms with Crippen molar-refractivity contribution in [2.75, 3.05) is 31.5 Å². The molecule has 4 amide bonds. The third-order valence-electron chi connectivity index (χ3n) is 13.0. The standard InChI is InChI=1S/C24H27N3O5S.C13H13NO.C11H14N2O4S/c28-23(25-22-20-10-4-8-17(20)12-18-9-5-11-21(18)22)26-33(30,31)19-13-27(14-19)24(29)32-15-16-6-2-1-3-7-16;14-8-15-13-11-5-1-3-9(11)7-10-4-2-6-12(10)13;12-18(15,16)10-6-13(7-10)11(14)17-8-9-4-2-1-3-5-9/h1-3,6-7,12,19H,4-5,8-11,13-15H2,(H2,25,26,28);7H,1-6H2;1-5,10H,6-8H2,(H2,12,15,16). The second-order valence-corrected chi connectivity index (χ2v) is 21.2. The van der Waals surface area contributed by atoms with Crippen LogP contribution < -0.4 is 19.9 Å². The molecule has 0 atom stereocenters. The first kappa shape index (κ1) is 46.4. The van der Waals surface area contributed by atoms with Gasteiger partial charge in [0.15, 0.2) is 0 Å². The number of rotatable bonds is 9. The van der Waals surface area contributed by atoms with Gasteiger partial charge in [0.05, 0.1) is 0 Å². The predicted octanol–water partition coefficient (Wildman–Crippen LogP) is 5.96. The van der Waals surface area contributed by atoms with Gasteiger partial charge in [0.1, 0.15) is 29.5 Å². The molecule has 348 valence electrons. The number of carbonyl (C=O) groups excluding carboxylic acids is 3. The fourth-order valence-electron chi connectivity index (χ4n) is 9.45. The minimum Gasteiger partial charge on any atom is -0.445 e. The molecule has 0 radical (unpaired) electrons.